The first kappa shape index (κ1) is 13.1. The summed E-state index contributed by atoms with van der Waals surface area (Å²) in [6, 6.07) is 3.05. The molecule has 2 amide bonds. The lowest BCUT2D eigenvalue weighted by Gasteiger charge is -2.41. The van der Waals surface area contributed by atoms with Crippen LogP contribution in [-0.4, -0.2) is 40.3 Å². The third-order valence-corrected chi connectivity index (χ3v) is 4.26. The molecular weight excluding hydrogens is 254 g/mol. The Balaban J connectivity index is 2.03. The minimum Gasteiger partial charge on any atom is -0.329 e. The zero-order valence-electron chi connectivity index (χ0n) is 12.1. The second-order valence-corrected chi connectivity index (χ2v) is 5.63. The summed E-state index contributed by atoms with van der Waals surface area (Å²) in [5, 5.41) is 0. The number of aryl methyl sites for hydroxylation is 2. The quantitative estimate of drug-likeness (QED) is 0.777. The van der Waals surface area contributed by atoms with Gasteiger partial charge in [0.15, 0.2) is 0 Å². The minimum absolute atomic E-state index is 0.0309. The van der Waals surface area contributed by atoms with Gasteiger partial charge in [-0.15, -0.1) is 0 Å². The number of nitrogens with zero attached hydrogens (tertiary/aromatic N) is 3. The molecule has 0 radical (unpaired) electrons. The van der Waals surface area contributed by atoms with Crippen molar-refractivity contribution in [2.45, 2.75) is 45.7 Å². The van der Waals surface area contributed by atoms with Gasteiger partial charge in [0, 0.05) is 12.2 Å². The summed E-state index contributed by atoms with van der Waals surface area (Å²) in [5.41, 5.74) is 2.47. The number of aromatic nitrogens is 1. The summed E-state index contributed by atoms with van der Waals surface area (Å²) in [5.74, 6) is 0.0791. The van der Waals surface area contributed by atoms with Crippen molar-refractivity contribution in [2.24, 2.45) is 0 Å². The molecule has 2 unspecified atom stereocenters. The largest absolute Gasteiger partial charge is 0.329 e. The van der Waals surface area contributed by atoms with Crippen LogP contribution >= 0.6 is 0 Å². The highest BCUT2D eigenvalue weighted by Gasteiger charge is 2.46. The number of hydrogen-bond acceptors (Lipinski definition) is 3. The zero-order valence-corrected chi connectivity index (χ0v) is 12.1. The maximum Gasteiger partial charge on any atom is 0.250 e. The van der Waals surface area contributed by atoms with E-state index < -0.39 is 6.04 Å². The molecule has 2 aliphatic heterocycles. The average molecular weight is 273 g/mol. The summed E-state index contributed by atoms with van der Waals surface area (Å²) in [7, 11) is 0. The number of piperazine rings is 1. The predicted molar refractivity (Wildman–Crippen MR) is 75.4 cm³/mol. The van der Waals surface area contributed by atoms with Gasteiger partial charge in [0.05, 0.1) is 11.4 Å². The first-order valence-electron chi connectivity index (χ1n) is 7.08. The van der Waals surface area contributed by atoms with E-state index in [1.54, 1.807) is 16.7 Å². The van der Waals surface area contributed by atoms with Crippen molar-refractivity contribution in [3.8, 4) is 0 Å². The van der Waals surface area contributed by atoms with Gasteiger partial charge in [-0.05, 0) is 45.7 Å². The van der Waals surface area contributed by atoms with E-state index in [1.807, 2.05) is 26.0 Å². The van der Waals surface area contributed by atoms with E-state index in [0.29, 0.717) is 6.54 Å². The summed E-state index contributed by atoms with van der Waals surface area (Å²) in [6.07, 6.45) is 1.68. The number of anilines is 1. The van der Waals surface area contributed by atoms with E-state index >= 15 is 0 Å². The van der Waals surface area contributed by atoms with Gasteiger partial charge in [-0.25, -0.2) is 0 Å². The molecule has 0 spiro atoms. The molecule has 5 nitrogen and oxygen atoms in total. The lowest BCUT2D eigenvalue weighted by Crippen LogP contribution is -2.62. The highest BCUT2D eigenvalue weighted by atomic mass is 16.2. The van der Waals surface area contributed by atoms with Gasteiger partial charge in [-0.3, -0.25) is 19.5 Å². The SMILES string of the molecule is Cc1ccc(N2C(=O)C3CCCN3C(=O)C2C)c(C)n1. The van der Waals surface area contributed by atoms with E-state index in [4.69, 9.17) is 0 Å². The van der Waals surface area contributed by atoms with Crippen molar-refractivity contribution in [3.63, 3.8) is 0 Å². The molecule has 3 heterocycles. The molecule has 106 valence electrons. The van der Waals surface area contributed by atoms with E-state index in [9.17, 15) is 9.59 Å². The molecule has 0 aromatic carbocycles. The Labute approximate surface area is 118 Å². The van der Waals surface area contributed by atoms with Gasteiger partial charge in [-0.1, -0.05) is 0 Å². The fourth-order valence-electron chi connectivity index (χ4n) is 3.25. The highest BCUT2D eigenvalue weighted by molar-refractivity contribution is 6.08. The minimum atomic E-state index is -0.444. The average Bonchev–Trinajstić information content (AvgIpc) is 2.88. The fourth-order valence-corrected chi connectivity index (χ4v) is 3.25. The Kier molecular flexibility index (Phi) is 3.00. The van der Waals surface area contributed by atoms with Crippen LogP contribution < -0.4 is 4.90 Å². The Hall–Kier alpha value is -1.91. The zero-order chi connectivity index (χ0) is 14.4. The lowest BCUT2D eigenvalue weighted by atomic mass is 10.0. The van der Waals surface area contributed by atoms with Gasteiger partial charge < -0.3 is 4.90 Å². The van der Waals surface area contributed by atoms with Crippen LogP contribution in [0.5, 0.6) is 0 Å². The highest BCUT2D eigenvalue weighted by Crippen LogP contribution is 2.31. The van der Waals surface area contributed by atoms with Crippen LogP contribution in [0.4, 0.5) is 5.69 Å². The molecule has 20 heavy (non-hydrogen) atoms. The summed E-state index contributed by atoms with van der Waals surface area (Å²) < 4.78 is 0. The fraction of sp³-hybridized carbons (Fsp3) is 0.533. The van der Waals surface area contributed by atoms with Crippen molar-refractivity contribution in [1.82, 2.24) is 9.88 Å². The first-order valence-corrected chi connectivity index (χ1v) is 7.08. The second kappa shape index (κ2) is 4.58. The van der Waals surface area contributed by atoms with Crippen molar-refractivity contribution in [1.29, 1.82) is 0 Å². The number of carbonyl (C=O) groups excluding carboxylic acids is 2. The van der Waals surface area contributed by atoms with E-state index in [2.05, 4.69) is 4.98 Å². The van der Waals surface area contributed by atoms with Gasteiger partial charge in [-0.2, -0.15) is 0 Å². The normalized spacial score (nSPS) is 26.1. The third kappa shape index (κ3) is 1.80. The predicted octanol–water partition coefficient (Wildman–Crippen LogP) is 1.42. The molecule has 5 heteroatoms. The van der Waals surface area contributed by atoms with Crippen molar-refractivity contribution in [3.05, 3.63) is 23.5 Å². The lowest BCUT2D eigenvalue weighted by molar-refractivity contribution is -0.143. The number of pyridine rings is 1. The number of fused-ring (bicyclic) bond motifs is 1. The van der Waals surface area contributed by atoms with Crippen LogP contribution in [0.25, 0.3) is 0 Å². The standard InChI is InChI=1S/C15H19N3O2/c1-9-6-7-12(10(2)16-9)18-11(3)14(19)17-8-4-5-13(17)15(18)20/h6-7,11,13H,4-5,8H2,1-3H3. The monoisotopic (exact) mass is 273 g/mol. The molecule has 2 aliphatic rings. The molecule has 0 N–H and O–H groups in total. The molecule has 2 fully saturated rings. The molecule has 1 aromatic rings. The van der Waals surface area contributed by atoms with Gasteiger partial charge in [0.2, 0.25) is 5.91 Å². The third-order valence-electron chi connectivity index (χ3n) is 4.26. The molecule has 2 saturated heterocycles. The van der Waals surface area contributed by atoms with Crippen LogP contribution in [0.15, 0.2) is 12.1 Å². The van der Waals surface area contributed by atoms with Crippen molar-refractivity contribution >= 4 is 17.5 Å². The second-order valence-electron chi connectivity index (χ2n) is 5.63. The summed E-state index contributed by atoms with van der Waals surface area (Å²) >= 11 is 0. The van der Waals surface area contributed by atoms with Crippen LogP contribution in [0.2, 0.25) is 0 Å². The summed E-state index contributed by atoms with van der Waals surface area (Å²) in [4.78, 5) is 32.9. The summed E-state index contributed by atoms with van der Waals surface area (Å²) in [6.45, 7) is 6.31. The molecule has 1 aromatic heterocycles. The maximum atomic E-state index is 12.7. The van der Waals surface area contributed by atoms with Crippen molar-refractivity contribution < 1.29 is 9.59 Å². The topological polar surface area (TPSA) is 53.5 Å². The molecule has 0 bridgehead atoms. The number of hydrogen-bond donors (Lipinski definition) is 0. The Morgan fingerprint density at radius 3 is 2.65 bits per heavy atom. The molecule has 2 atom stereocenters. The van der Waals surface area contributed by atoms with Crippen LogP contribution in [0.3, 0.4) is 0 Å². The molecule has 3 rings (SSSR count). The Morgan fingerprint density at radius 1 is 1.20 bits per heavy atom. The molecule has 0 saturated carbocycles. The number of amides is 2. The number of carbonyl (C=O) groups is 2. The van der Waals surface area contributed by atoms with Gasteiger partial charge in [0.25, 0.3) is 5.91 Å². The number of rotatable bonds is 1. The molecular formula is C15H19N3O2. The van der Waals surface area contributed by atoms with Gasteiger partial charge in [0.1, 0.15) is 12.1 Å². The van der Waals surface area contributed by atoms with Crippen molar-refractivity contribution in [2.75, 3.05) is 11.4 Å². The van der Waals surface area contributed by atoms with E-state index in [-0.39, 0.29) is 17.9 Å². The van der Waals surface area contributed by atoms with Gasteiger partial charge >= 0.3 is 0 Å². The van der Waals surface area contributed by atoms with Crippen LogP contribution in [0.1, 0.15) is 31.2 Å². The maximum absolute atomic E-state index is 12.7. The van der Waals surface area contributed by atoms with Crippen LogP contribution in [-0.2, 0) is 9.59 Å². The Morgan fingerprint density at radius 2 is 1.95 bits per heavy atom. The van der Waals surface area contributed by atoms with Crippen LogP contribution in [0, 0.1) is 13.8 Å². The Bertz CT molecular complexity index is 584. The first-order chi connectivity index (χ1) is 9.50. The smallest absolute Gasteiger partial charge is 0.250 e. The molecule has 0 aliphatic carbocycles. The van der Waals surface area contributed by atoms with E-state index in [1.165, 1.54) is 0 Å². The van der Waals surface area contributed by atoms with E-state index in [0.717, 1.165) is 29.9 Å².